The molecule has 0 aromatic heterocycles. The molecule has 356 valence electrons. The highest BCUT2D eigenvalue weighted by Crippen LogP contribution is 2.12. The molecule has 1 atom stereocenters. The van der Waals surface area contributed by atoms with Crippen LogP contribution in [0.5, 0.6) is 0 Å². The summed E-state index contributed by atoms with van der Waals surface area (Å²) in [5, 5.41) is 0. The van der Waals surface area contributed by atoms with E-state index >= 15 is 0 Å². The van der Waals surface area contributed by atoms with E-state index in [1.54, 1.807) is 0 Å². The summed E-state index contributed by atoms with van der Waals surface area (Å²) < 4.78 is 16.7. The fourth-order valence-electron chi connectivity index (χ4n) is 6.48. The van der Waals surface area contributed by atoms with Gasteiger partial charge in [-0.25, -0.2) is 0 Å². The van der Waals surface area contributed by atoms with Gasteiger partial charge in [-0.2, -0.15) is 0 Å². The molecule has 0 aromatic rings. The molecule has 1 unspecified atom stereocenters. The lowest BCUT2D eigenvalue weighted by molar-refractivity contribution is -0.167. The van der Waals surface area contributed by atoms with Gasteiger partial charge in [0.05, 0.1) is 0 Å². The largest absolute Gasteiger partial charge is 0.462 e. The zero-order valence-electron chi connectivity index (χ0n) is 40.5. The summed E-state index contributed by atoms with van der Waals surface area (Å²) in [6.45, 7) is 6.31. The van der Waals surface area contributed by atoms with Crippen LogP contribution in [-0.2, 0) is 28.6 Å². The Labute approximate surface area is 387 Å². The number of hydrogen-bond acceptors (Lipinski definition) is 6. The molecule has 0 heterocycles. The summed E-state index contributed by atoms with van der Waals surface area (Å²) in [6, 6.07) is 0. The van der Waals surface area contributed by atoms with Crippen LogP contribution in [-0.4, -0.2) is 37.2 Å². The van der Waals surface area contributed by atoms with E-state index in [0.717, 1.165) is 135 Å². The Bertz CT molecular complexity index is 1330. The standard InChI is InChI=1S/C57H92O6/c1-4-7-10-13-16-19-22-25-26-27-28-29-30-33-35-38-41-44-47-50-56(59)62-53-54(63-57(60)51-48-45-42-39-36-32-24-21-18-15-12-9-6-3)52-61-55(58)49-46-43-40-37-34-31-23-20-17-14-11-8-5-2/h7,9-10,12,16,18-21,23,25-26,28-29,32-33,35-36,54H,4-6,8,11,13-15,17,22,24,27,30-31,34,37-53H2,1-3H3/b10-7-,12-9-,19-16-,21-18-,23-20-,26-25-,29-28-,35-33-,36-32-. The van der Waals surface area contributed by atoms with Crippen LogP contribution in [0.1, 0.15) is 213 Å². The lowest BCUT2D eigenvalue weighted by Gasteiger charge is -2.18. The van der Waals surface area contributed by atoms with E-state index in [0.29, 0.717) is 12.8 Å². The molecule has 0 amide bonds. The van der Waals surface area contributed by atoms with E-state index in [-0.39, 0.29) is 37.5 Å². The zero-order chi connectivity index (χ0) is 45.8. The van der Waals surface area contributed by atoms with Crippen LogP contribution in [0.3, 0.4) is 0 Å². The number of allylic oxidation sites excluding steroid dienone is 18. The van der Waals surface area contributed by atoms with Crippen LogP contribution in [0.2, 0.25) is 0 Å². The number of hydrogen-bond donors (Lipinski definition) is 0. The number of carbonyl (C=O) groups is 3. The van der Waals surface area contributed by atoms with Crippen molar-refractivity contribution in [2.75, 3.05) is 13.2 Å². The maximum Gasteiger partial charge on any atom is 0.306 e. The summed E-state index contributed by atoms with van der Waals surface area (Å²) in [5.74, 6) is -0.986. The van der Waals surface area contributed by atoms with Gasteiger partial charge in [0, 0.05) is 19.3 Å². The number of carbonyl (C=O) groups excluding carboxylic acids is 3. The molecule has 0 aliphatic carbocycles. The van der Waals surface area contributed by atoms with Crippen molar-refractivity contribution in [1.82, 2.24) is 0 Å². The Balaban J connectivity index is 4.50. The highest BCUT2D eigenvalue weighted by molar-refractivity contribution is 5.71. The van der Waals surface area contributed by atoms with Gasteiger partial charge in [0.2, 0.25) is 0 Å². The molecule has 6 heteroatoms. The molecule has 0 saturated carbocycles. The first-order chi connectivity index (χ1) is 31.0. The van der Waals surface area contributed by atoms with E-state index in [4.69, 9.17) is 14.2 Å². The Morgan fingerprint density at radius 2 is 0.619 bits per heavy atom. The Morgan fingerprint density at radius 1 is 0.333 bits per heavy atom. The number of esters is 3. The minimum atomic E-state index is -0.811. The zero-order valence-corrected chi connectivity index (χ0v) is 40.5. The van der Waals surface area contributed by atoms with Crippen molar-refractivity contribution in [2.24, 2.45) is 0 Å². The maximum absolute atomic E-state index is 12.8. The third-order valence-corrected chi connectivity index (χ3v) is 10.2. The van der Waals surface area contributed by atoms with Gasteiger partial charge >= 0.3 is 17.9 Å². The van der Waals surface area contributed by atoms with Crippen LogP contribution in [0.25, 0.3) is 0 Å². The molecule has 0 rings (SSSR count). The topological polar surface area (TPSA) is 78.9 Å². The summed E-state index contributed by atoms with van der Waals surface area (Å²) in [6.07, 6.45) is 67.9. The molecule has 0 N–H and O–H groups in total. The first kappa shape index (κ1) is 59.1. The van der Waals surface area contributed by atoms with Crippen molar-refractivity contribution in [3.05, 3.63) is 109 Å². The highest BCUT2D eigenvalue weighted by atomic mass is 16.6. The monoisotopic (exact) mass is 873 g/mol. The van der Waals surface area contributed by atoms with Crippen molar-refractivity contribution in [3.8, 4) is 0 Å². The van der Waals surface area contributed by atoms with Crippen molar-refractivity contribution < 1.29 is 28.6 Å². The van der Waals surface area contributed by atoms with Gasteiger partial charge in [-0.1, -0.05) is 182 Å². The number of rotatable bonds is 44. The van der Waals surface area contributed by atoms with E-state index in [1.165, 1.54) is 38.5 Å². The molecule has 0 radical (unpaired) electrons. The second kappa shape index (κ2) is 50.7. The SMILES string of the molecule is CC/C=C\C/C=C\C/C=C\C/C=C\C/C=C\CCCCCC(=O)OCC(COC(=O)CCCCCCC/C=C\CCCCCC)OC(=O)CCCCC/C=C\C/C=C\C/C=C\CC. The van der Waals surface area contributed by atoms with Crippen LogP contribution >= 0.6 is 0 Å². The second-order valence-electron chi connectivity index (χ2n) is 16.3. The van der Waals surface area contributed by atoms with E-state index in [2.05, 4.69) is 130 Å². The maximum atomic E-state index is 12.8. The van der Waals surface area contributed by atoms with Crippen molar-refractivity contribution in [2.45, 2.75) is 219 Å². The molecule has 0 aliphatic heterocycles. The van der Waals surface area contributed by atoms with Crippen molar-refractivity contribution in [3.63, 3.8) is 0 Å². The van der Waals surface area contributed by atoms with Crippen LogP contribution in [0.15, 0.2) is 109 Å². The smallest absolute Gasteiger partial charge is 0.306 e. The molecule has 0 saturated heterocycles. The van der Waals surface area contributed by atoms with Gasteiger partial charge in [-0.3, -0.25) is 14.4 Å². The first-order valence-corrected chi connectivity index (χ1v) is 25.4. The van der Waals surface area contributed by atoms with E-state index in [1.807, 2.05) is 0 Å². The van der Waals surface area contributed by atoms with Crippen LogP contribution < -0.4 is 0 Å². The summed E-state index contributed by atoms with van der Waals surface area (Å²) in [5.41, 5.74) is 0. The quantitative estimate of drug-likeness (QED) is 0.0263. The molecular formula is C57H92O6. The summed E-state index contributed by atoms with van der Waals surface area (Å²) >= 11 is 0. The van der Waals surface area contributed by atoms with Gasteiger partial charge in [0.1, 0.15) is 13.2 Å². The fourth-order valence-corrected chi connectivity index (χ4v) is 6.48. The average Bonchev–Trinajstić information content (AvgIpc) is 3.28. The van der Waals surface area contributed by atoms with Gasteiger partial charge in [-0.15, -0.1) is 0 Å². The molecule has 0 aliphatic rings. The normalized spacial score (nSPS) is 13.0. The van der Waals surface area contributed by atoms with Gasteiger partial charge in [0.25, 0.3) is 0 Å². The average molecular weight is 873 g/mol. The second-order valence-corrected chi connectivity index (χ2v) is 16.3. The lowest BCUT2D eigenvalue weighted by atomic mass is 10.1. The molecule has 0 aromatic carbocycles. The summed E-state index contributed by atoms with van der Waals surface area (Å²) in [7, 11) is 0. The first-order valence-electron chi connectivity index (χ1n) is 25.4. The van der Waals surface area contributed by atoms with Gasteiger partial charge in [0.15, 0.2) is 6.10 Å². The third kappa shape index (κ3) is 49.0. The highest BCUT2D eigenvalue weighted by Gasteiger charge is 2.19. The number of unbranched alkanes of at least 4 members (excludes halogenated alkanes) is 15. The molecule has 0 spiro atoms. The van der Waals surface area contributed by atoms with Crippen molar-refractivity contribution in [1.29, 1.82) is 0 Å². The minimum Gasteiger partial charge on any atom is -0.462 e. The summed E-state index contributed by atoms with van der Waals surface area (Å²) in [4.78, 5) is 37.9. The Kier molecular flexibility index (Phi) is 47.5. The molecule has 0 fully saturated rings. The predicted molar refractivity (Wildman–Crippen MR) is 270 cm³/mol. The van der Waals surface area contributed by atoms with E-state index in [9.17, 15) is 14.4 Å². The molecule has 63 heavy (non-hydrogen) atoms. The minimum absolute atomic E-state index is 0.107. The van der Waals surface area contributed by atoms with Crippen LogP contribution in [0, 0.1) is 0 Å². The fraction of sp³-hybridized carbons (Fsp3) is 0.632. The van der Waals surface area contributed by atoms with Gasteiger partial charge < -0.3 is 14.2 Å². The predicted octanol–water partition coefficient (Wildman–Crippen LogP) is 16.8. The molecular weight excluding hydrogens is 781 g/mol. The Morgan fingerprint density at radius 3 is 1.00 bits per heavy atom. The molecule has 0 bridgehead atoms. The van der Waals surface area contributed by atoms with Crippen LogP contribution in [0.4, 0.5) is 0 Å². The third-order valence-electron chi connectivity index (χ3n) is 10.2. The van der Waals surface area contributed by atoms with Crippen molar-refractivity contribution >= 4 is 17.9 Å². The molecule has 6 nitrogen and oxygen atoms in total. The van der Waals surface area contributed by atoms with E-state index < -0.39 is 6.10 Å². The number of ether oxygens (including phenoxy) is 3. The van der Waals surface area contributed by atoms with Gasteiger partial charge in [-0.05, 0) is 122 Å². The Hall–Kier alpha value is -3.93. The lowest BCUT2D eigenvalue weighted by Crippen LogP contribution is -2.30.